The minimum Gasteiger partial charge on any atom is -0.469 e. The van der Waals surface area contributed by atoms with Gasteiger partial charge in [-0.25, -0.2) is 0 Å². The summed E-state index contributed by atoms with van der Waals surface area (Å²) in [6.45, 7) is 11.0. The van der Waals surface area contributed by atoms with Crippen molar-refractivity contribution in [3.8, 4) is 0 Å². The van der Waals surface area contributed by atoms with E-state index in [9.17, 15) is 9.59 Å². The molecule has 22 heavy (non-hydrogen) atoms. The van der Waals surface area contributed by atoms with E-state index in [0.29, 0.717) is 12.8 Å². The van der Waals surface area contributed by atoms with E-state index in [1.165, 1.54) is 18.9 Å². The summed E-state index contributed by atoms with van der Waals surface area (Å²) in [5.41, 5.74) is 0. The molecule has 0 aromatic carbocycles. The van der Waals surface area contributed by atoms with Crippen LogP contribution in [0.4, 0.5) is 0 Å². The molecule has 0 aromatic rings. The lowest BCUT2D eigenvalue weighted by Crippen LogP contribution is -2.43. The molecule has 0 spiro atoms. The van der Waals surface area contributed by atoms with Crippen LogP contribution in [0.5, 0.6) is 0 Å². The first-order valence-corrected chi connectivity index (χ1v) is 11.6. The molecule has 1 rings (SSSR count). The Labute approximate surface area is 139 Å². The Morgan fingerprint density at radius 3 is 2.59 bits per heavy atom. The molecule has 0 aromatic heterocycles. The van der Waals surface area contributed by atoms with Gasteiger partial charge in [0.15, 0.2) is 14.1 Å². The van der Waals surface area contributed by atoms with Crippen LogP contribution < -0.4 is 0 Å². The van der Waals surface area contributed by atoms with Gasteiger partial charge in [-0.2, -0.15) is 0 Å². The molecule has 6 heteroatoms. The van der Waals surface area contributed by atoms with Gasteiger partial charge in [0.2, 0.25) is 0 Å². The van der Waals surface area contributed by atoms with E-state index in [1.54, 1.807) is 0 Å². The molecular formula is C16H28O4SSi. The summed E-state index contributed by atoms with van der Waals surface area (Å²) >= 11 is 1.52. The van der Waals surface area contributed by atoms with Gasteiger partial charge in [-0.3, -0.25) is 9.59 Å². The lowest BCUT2D eigenvalue weighted by Gasteiger charge is -2.37. The van der Waals surface area contributed by atoms with E-state index in [-0.39, 0.29) is 22.9 Å². The summed E-state index contributed by atoms with van der Waals surface area (Å²) in [6.07, 6.45) is 3.44. The summed E-state index contributed by atoms with van der Waals surface area (Å²) < 4.78 is 10.9. The molecule has 0 aliphatic heterocycles. The molecular weight excluding hydrogens is 316 g/mol. The van der Waals surface area contributed by atoms with Gasteiger partial charge in [-0.15, -0.1) is 11.8 Å². The normalized spacial score (nSPS) is 19.3. The molecule has 0 saturated carbocycles. The predicted octanol–water partition coefficient (Wildman–Crippen LogP) is 3.92. The first-order valence-electron chi connectivity index (χ1n) is 7.69. The Morgan fingerprint density at radius 1 is 1.41 bits per heavy atom. The predicted molar refractivity (Wildman–Crippen MR) is 93.5 cm³/mol. The van der Waals surface area contributed by atoms with E-state index in [1.807, 2.05) is 6.08 Å². The summed E-state index contributed by atoms with van der Waals surface area (Å²) in [5, 5.41) is 0.139. The standard InChI is InChI=1S/C16H28O4SSi/c1-16(2,3)22(5,6)20-12-10-13(17)14(11-12)21-9-7-8-15(18)19-4/h11-12H,7-10H2,1-6H3. The Kier molecular flexibility index (Phi) is 6.89. The number of hydrogen-bond donors (Lipinski definition) is 0. The van der Waals surface area contributed by atoms with E-state index >= 15 is 0 Å². The van der Waals surface area contributed by atoms with E-state index in [4.69, 9.17) is 4.43 Å². The number of ketones is 1. The van der Waals surface area contributed by atoms with Crippen LogP contribution in [-0.4, -0.2) is 39.0 Å². The number of methoxy groups -OCH3 is 1. The number of carbonyl (C=O) groups excluding carboxylic acids is 2. The average Bonchev–Trinajstić information content (AvgIpc) is 2.72. The van der Waals surface area contributed by atoms with Crippen molar-refractivity contribution in [2.45, 2.75) is 64.3 Å². The minimum atomic E-state index is -1.85. The number of rotatable bonds is 7. The molecule has 0 bridgehead atoms. The van der Waals surface area contributed by atoms with Crippen LogP contribution in [0, 0.1) is 0 Å². The quantitative estimate of drug-likeness (QED) is 0.398. The van der Waals surface area contributed by atoms with Crippen molar-refractivity contribution >= 4 is 31.8 Å². The zero-order chi connectivity index (χ0) is 17.0. The van der Waals surface area contributed by atoms with Crippen LogP contribution >= 0.6 is 11.8 Å². The van der Waals surface area contributed by atoms with Crippen molar-refractivity contribution in [3.05, 3.63) is 11.0 Å². The van der Waals surface area contributed by atoms with Gasteiger partial charge in [0.25, 0.3) is 0 Å². The van der Waals surface area contributed by atoms with Gasteiger partial charge in [-0.05, 0) is 36.4 Å². The van der Waals surface area contributed by atoms with E-state index < -0.39 is 8.32 Å². The zero-order valence-electron chi connectivity index (χ0n) is 14.5. The SMILES string of the molecule is COC(=O)CCCSC1=CC(O[Si](C)(C)C(C)(C)C)CC1=O. The zero-order valence-corrected chi connectivity index (χ0v) is 16.3. The van der Waals surface area contributed by atoms with Crippen LogP contribution in [0.25, 0.3) is 0 Å². The van der Waals surface area contributed by atoms with E-state index in [0.717, 1.165) is 17.1 Å². The molecule has 1 aliphatic rings. The van der Waals surface area contributed by atoms with Gasteiger partial charge in [-0.1, -0.05) is 20.8 Å². The second-order valence-electron chi connectivity index (χ2n) is 7.10. The first-order chi connectivity index (χ1) is 10.1. The molecule has 126 valence electrons. The molecule has 4 nitrogen and oxygen atoms in total. The molecule has 0 N–H and O–H groups in total. The van der Waals surface area contributed by atoms with Crippen molar-refractivity contribution in [1.29, 1.82) is 0 Å². The number of thioether (sulfide) groups is 1. The van der Waals surface area contributed by atoms with Crippen molar-refractivity contribution in [1.82, 2.24) is 0 Å². The van der Waals surface area contributed by atoms with Gasteiger partial charge in [0.05, 0.1) is 13.2 Å². The largest absolute Gasteiger partial charge is 0.469 e. The Bertz CT molecular complexity index is 452. The Balaban J connectivity index is 2.49. The maximum absolute atomic E-state index is 12.1. The van der Waals surface area contributed by atoms with Crippen LogP contribution in [0.1, 0.15) is 40.0 Å². The van der Waals surface area contributed by atoms with Gasteiger partial charge in [0, 0.05) is 17.7 Å². The summed E-state index contributed by atoms with van der Waals surface area (Å²) in [7, 11) is -0.464. The summed E-state index contributed by atoms with van der Waals surface area (Å²) in [5.74, 6) is 0.706. The number of ether oxygens (including phenoxy) is 1. The molecule has 0 fully saturated rings. The number of carbonyl (C=O) groups is 2. The highest BCUT2D eigenvalue weighted by Gasteiger charge is 2.40. The molecule has 1 atom stereocenters. The fraction of sp³-hybridized carbons (Fsp3) is 0.750. The fourth-order valence-corrected chi connectivity index (χ4v) is 4.13. The molecule has 0 saturated heterocycles. The van der Waals surface area contributed by atoms with Crippen LogP contribution in [-0.2, 0) is 18.8 Å². The number of Topliss-reactive ketones (excluding diaryl/α,β-unsaturated/α-hetero) is 1. The Hall–Kier alpha value is -0.593. The maximum atomic E-state index is 12.1. The third-order valence-corrected chi connectivity index (χ3v) is 9.93. The molecule has 1 unspecified atom stereocenters. The molecule has 0 heterocycles. The molecule has 0 amide bonds. The Morgan fingerprint density at radius 2 is 2.05 bits per heavy atom. The van der Waals surface area contributed by atoms with Crippen molar-refractivity contribution in [2.24, 2.45) is 0 Å². The van der Waals surface area contributed by atoms with Crippen LogP contribution in [0.15, 0.2) is 11.0 Å². The van der Waals surface area contributed by atoms with Gasteiger partial charge in [0.1, 0.15) is 0 Å². The van der Waals surface area contributed by atoms with Crippen molar-refractivity contribution in [2.75, 3.05) is 12.9 Å². The number of esters is 1. The number of hydrogen-bond acceptors (Lipinski definition) is 5. The third-order valence-electron chi connectivity index (χ3n) is 4.26. The van der Waals surface area contributed by atoms with Gasteiger partial charge >= 0.3 is 5.97 Å². The smallest absolute Gasteiger partial charge is 0.305 e. The molecule has 0 radical (unpaired) electrons. The molecule has 1 aliphatic carbocycles. The summed E-state index contributed by atoms with van der Waals surface area (Å²) in [6, 6.07) is 0. The maximum Gasteiger partial charge on any atom is 0.305 e. The third kappa shape index (κ3) is 5.55. The van der Waals surface area contributed by atoms with E-state index in [2.05, 4.69) is 38.6 Å². The van der Waals surface area contributed by atoms with Crippen molar-refractivity contribution in [3.63, 3.8) is 0 Å². The lowest BCUT2D eigenvalue weighted by atomic mass is 10.2. The topological polar surface area (TPSA) is 52.6 Å². The minimum absolute atomic E-state index is 0.0866. The monoisotopic (exact) mass is 344 g/mol. The highest BCUT2D eigenvalue weighted by atomic mass is 32.2. The highest BCUT2D eigenvalue weighted by molar-refractivity contribution is 8.04. The lowest BCUT2D eigenvalue weighted by molar-refractivity contribution is -0.140. The number of allylic oxidation sites excluding steroid dienone is 1. The summed E-state index contributed by atoms with van der Waals surface area (Å²) in [4.78, 5) is 23.9. The first kappa shape index (κ1) is 19.5. The van der Waals surface area contributed by atoms with Crippen LogP contribution in [0.3, 0.4) is 0 Å². The van der Waals surface area contributed by atoms with Crippen LogP contribution in [0.2, 0.25) is 18.1 Å². The van der Waals surface area contributed by atoms with Gasteiger partial charge < -0.3 is 9.16 Å². The van der Waals surface area contributed by atoms with Crippen molar-refractivity contribution < 1.29 is 18.8 Å². The highest BCUT2D eigenvalue weighted by Crippen LogP contribution is 2.39. The second kappa shape index (κ2) is 7.79. The second-order valence-corrected chi connectivity index (χ2v) is 13.0. The fourth-order valence-electron chi connectivity index (χ4n) is 1.86. The average molecular weight is 345 g/mol.